The molecule has 110 valence electrons. The third-order valence-electron chi connectivity index (χ3n) is 3.80. The maximum atomic E-state index is 12.6. The van der Waals surface area contributed by atoms with Crippen molar-refractivity contribution in [2.24, 2.45) is 5.92 Å². The first-order valence-electron chi connectivity index (χ1n) is 7.46. The van der Waals surface area contributed by atoms with E-state index < -0.39 is 0 Å². The Morgan fingerprint density at radius 2 is 2.24 bits per heavy atom. The van der Waals surface area contributed by atoms with Gasteiger partial charge in [0, 0.05) is 25.5 Å². The van der Waals surface area contributed by atoms with E-state index in [0.29, 0.717) is 18.1 Å². The van der Waals surface area contributed by atoms with Crippen LogP contribution in [0.5, 0.6) is 0 Å². The molecule has 1 amide bonds. The number of aromatic nitrogens is 2. The molecule has 0 unspecified atom stereocenters. The van der Waals surface area contributed by atoms with Gasteiger partial charge in [0.05, 0.1) is 0 Å². The number of fused-ring (bicyclic) bond motifs is 1. The molecule has 0 bridgehead atoms. The van der Waals surface area contributed by atoms with Gasteiger partial charge in [-0.2, -0.15) is 0 Å². The van der Waals surface area contributed by atoms with Gasteiger partial charge in [-0.25, -0.2) is 4.98 Å². The van der Waals surface area contributed by atoms with E-state index in [9.17, 15) is 9.59 Å². The highest BCUT2D eigenvalue weighted by atomic mass is 16.2. The second kappa shape index (κ2) is 5.68. The normalized spacial score (nSPS) is 14.3. The Hall–Kier alpha value is -2.17. The first-order valence-corrected chi connectivity index (χ1v) is 7.46. The number of rotatable bonds is 5. The zero-order valence-electron chi connectivity index (χ0n) is 12.2. The summed E-state index contributed by atoms with van der Waals surface area (Å²) in [6.07, 6.45) is 6.31. The number of pyridine rings is 1. The summed E-state index contributed by atoms with van der Waals surface area (Å²) in [5.41, 5.74) is 0.429. The second-order valence-corrected chi connectivity index (χ2v) is 5.60. The van der Waals surface area contributed by atoms with Crippen LogP contribution in [-0.4, -0.2) is 33.3 Å². The summed E-state index contributed by atoms with van der Waals surface area (Å²) in [7, 11) is 0. The van der Waals surface area contributed by atoms with Crippen LogP contribution >= 0.6 is 0 Å². The van der Waals surface area contributed by atoms with Crippen molar-refractivity contribution in [3.63, 3.8) is 0 Å². The third-order valence-corrected chi connectivity index (χ3v) is 3.80. The minimum Gasteiger partial charge on any atom is -0.338 e. The summed E-state index contributed by atoms with van der Waals surface area (Å²) in [5, 5.41) is 0. The molecule has 0 saturated heterocycles. The van der Waals surface area contributed by atoms with Gasteiger partial charge in [0.2, 0.25) is 0 Å². The predicted molar refractivity (Wildman–Crippen MR) is 80.4 cm³/mol. The zero-order valence-corrected chi connectivity index (χ0v) is 12.2. The maximum absolute atomic E-state index is 12.6. The molecule has 0 N–H and O–H groups in total. The van der Waals surface area contributed by atoms with Crippen molar-refractivity contribution in [3.8, 4) is 0 Å². The lowest BCUT2D eigenvalue weighted by molar-refractivity contribution is 0.0745. The summed E-state index contributed by atoms with van der Waals surface area (Å²) >= 11 is 0. The maximum Gasteiger partial charge on any atom is 0.270 e. The minimum atomic E-state index is -0.289. The monoisotopic (exact) mass is 285 g/mol. The van der Waals surface area contributed by atoms with Crippen molar-refractivity contribution >= 4 is 11.6 Å². The lowest BCUT2D eigenvalue weighted by Gasteiger charge is -2.21. The van der Waals surface area contributed by atoms with E-state index in [0.717, 1.165) is 13.0 Å². The number of carbonyl (C=O) groups excluding carboxylic acids is 1. The second-order valence-electron chi connectivity index (χ2n) is 5.60. The van der Waals surface area contributed by atoms with Crippen LogP contribution < -0.4 is 5.56 Å². The van der Waals surface area contributed by atoms with E-state index >= 15 is 0 Å². The molecule has 1 fully saturated rings. The molecular weight excluding hydrogens is 266 g/mol. The van der Waals surface area contributed by atoms with Crippen LogP contribution in [0, 0.1) is 5.92 Å². The van der Waals surface area contributed by atoms with Crippen LogP contribution in [0.2, 0.25) is 0 Å². The Bertz CT molecular complexity index is 719. The fourth-order valence-corrected chi connectivity index (χ4v) is 2.50. The Labute approximate surface area is 123 Å². The summed E-state index contributed by atoms with van der Waals surface area (Å²) in [4.78, 5) is 31.1. The largest absolute Gasteiger partial charge is 0.338 e. The fraction of sp³-hybridized carbons (Fsp3) is 0.438. The molecule has 5 nitrogen and oxygen atoms in total. The van der Waals surface area contributed by atoms with Crippen molar-refractivity contribution in [1.82, 2.24) is 14.3 Å². The van der Waals surface area contributed by atoms with Crippen molar-refractivity contribution in [1.29, 1.82) is 0 Å². The molecular formula is C16H19N3O2. The molecule has 0 aromatic carbocycles. The average molecular weight is 285 g/mol. The number of amides is 1. The predicted octanol–water partition coefficient (Wildman–Crippen LogP) is 1.96. The molecule has 1 saturated carbocycles. The smallest absolute Gasteiger partial charge is 0.270 e. The van der Waals surface area contributed by atoms with Gasteiger partial charge in [-0.05, 0) is 37.3 Å². The van der Waals surface area contributed by atoms with Crippen LogP contribution in [0.4, 0.5) is 0 Å². The van der Waals surface area contributed by atoms with Gasteiger partial charge in [-0.15, -0.1) is 0 Å². The first-order chi connectivity index (χ1) is 10.2. The van der Waals surface area contributed by atoms with E-state index in [-0.39, 0.29) is 17.0 Å². The van der Waals surface area contributed by atoms with Crippen LogP contribution in [0.1, 0.15) is 36.5 Å². The van der Waals surface area contributed by atoms with Gasteiger partial charge in [-0.1, -0.05) is 13.0 Å². The highest BCUT2D eigenvalue weighted by Crippen LogP contribution is 2.30. The fourth-order valence-electron chi connectivity index (χ4n) is 2.50. The zero-order chi connectivity index (χ0) is 14.8. The van der Waals surface area contributed by atoms with Gasteiger partial charge in [0.1, 0.15) is 11.2 Å². The lowest BCUT2D eigenvalue weighted by atomic mass is 10.2. The van der Waals surface area contributed by atoms with Gasteiger partial charge < -0.3 is 4.90 Å². The highest BCUT2D eigenvalue weighted by Gasteiger charge is 2.28. The molecule has 0 radical (unpaired) electrons. The van der Waals surface area contributed by atoms with Crippen LogP contribution in [-0.2, 0) is 0 Å². The molecule has 2 aromatic rings. The van der Waals surface area contributed by atoms with Gasteiger partial charge in [0.25, 0.3) is 11.5 Å². The van der Waals surface area contributed by atoms with Crippen molar-refractivity contribution in [3.05, 3.63) is 46.5 Å². The van der Waals surface area contributed by atoms with Crippen LogP contribution in [0.3, 0.4) is 0 Å². The summed E-state index contributed by atoms with van der Waals surface area (Å²) in [6.45, 7) is 3.48. The third kappa shape index (κ3) is 2.82. The van der Waals surface area contributed by atoms with Crippen molar-refractivity contribution < 1.29 is 4.79 Å². The summed E-state index contributed by atoms with van der Waals surface area (Å²) in [5.74, 6) is 0.413. The molecule has 3 rings (SSSR count). The number of hydrogen-bond donors (Lipinski definition) is 0. The number of nitrogens with zero attached hydrogens (tertiary/aromatic N) is 3. The molecule has 1 aliphatic rings. The average Bonchev–Trinajstić information content (AvgIpc) is 3.31. The van der Waals surface area contributed by atoms with Gasteiger partial charge in [-0.3, -0.25) is 14.0 Å². The number of hydrogen-bond acceptors (Lipinski definition) is 3. The molecule has 0 spiro atoms. The SMILES string of the molecule is CCCN(CC1CC1)C(=O)c1cnc2ccccn2c1=O. The summed E-state index contributed by atoms with van der Waals surface area (Å²) < 4.78 is 1.43. The van der Waals surface area contributed by atoms with Crippen molar-refractivity contribution in [2.45, 2.75) is 26.2 Å². The highest BCUT2D eigenvalue weighted by molar-refractivity contribution is 5.93. The molecule has 2 aromatic heterocycles. The standard InChI is InChI=1S/C16H19N3O2/c1-2-8-18(11-12-6-7-12)15(20)13-10-17-14-5-3-4-9-19(14)16(13)21/h3-5,9-10,12H,2,6-8,11H2,1H3. The molecule has 21 heavy (non-hydrogen) atoms. The minimum absolute atomic E-state index is 0.160. The van der Waals surface area contributed by atoms with Gasteiger partial charge in [0.15, 0.2) is 0 Å². The van der Waals surface area contributed by atoms with Crippen molar-refractivity contribution in [2.75, 3.05) is 13.1 Å². The lowest BCUT2D eigenvalue weighted by Crippen LogP contribution is -2.37. The molecule has 1 aliphatic carbocycles. The molecule has 5 heteroatoms. The number of carbonyl (C=O) groups is 1. The van der Waals surface area contributed by atoms with Gasteiger partial charge >= 0.3 is 0 Å². The summed E-state index contributed by atoms with van der Waals surface area (Å²) in [6, 6.07) is 5.34. The van der Waals surface area contributed by atoms with E-state index in [4.69, 9.17) is 0 Å². The van der Waals surface area contributed by atoms with Crippen LogP contribution in [0.25, 0.3) is 5.65 Å². The first kappa shape index (κ1) is 13.8. The van der Waals surface area contributed by atoms with E-state index in [1.54, 1.807) is 23.2 Å². The quantitative estimate of drug-likeness (QED) is 0.844. The Kier molecular flexibility index (Phi) is 3.73. The van der Waals surface area contributed by atoms with Crippen LogP contribution in [0.15, 0.2) is 35.4 Å². The van der Waals surface area contributed by atoms with E-state index in [1.807, 2.05) is 13.0 Å². The Balaban J connectivity index is 1.95. The molecule has 2 heterocycles. The Morgan fingerprint density at radius 1 is 1.43 bits per heavy atom. The van der Waals surface area contributed by atoms with E-state index in [1.165, 1.54) is 23.4 Å². The molecule has 0 atom stereocenters. The van der Waals surface area contributed by atoms with E-state index in [2.05, 4.69) is 4.98 Å². The Morgan fingerprint density at radius 3 is 2.95 bits per heavy atom. The topological polar surface area (TPSA) is 54.7 Å². The molecule has 0 aliphatic heterocycles.